The van der Waals surface area contributed by atoms with Gasteiger partial charge in [-0.2, -0.15) is 13.2 Å². The van der Waals surface area contributed by atoms with E-state index in [0.29, 0.717) is 18.6 Å². The Hall–Kier alpha value is -2.37. The summed E-state index contributed by atoms with van der Waals surface area (Å²) in [4.78, 5) is 15.2. The quantitative estimate of drug-likeness (QED) is 0.412. The summed E-state index contributed by atoms with van der Waals surface area (Å²) in [6, 6.07) is 7.34. The molecule has 0 heterocycles. The number of carbonyl (C=O) groups is 1. The van der Waals surface area contributed by atoms with Crippen molar-refractivity contribution in [3.63, 3.8) is 0 Å². The highest BCUT2D eigenvalue weighted by Crippen LogP contribution is 2.31. The van der Waals surface area contributed by atoms with E-state index in [0.717, 1.165) is 36.0 Å². The van der Waals surface area contributed by atoms with Crippen LogP contribution in [0.4, 0.5) is 13.2 Å². The van der Waals surface area contributed by atoms with E-state index in [2.05, 4.69) is 23.2 Å². The molecule has 1 atom stereocenters. The molecule has 0 spiro atoms. The molecule has 0 N–H and O–H groups in total. The van der Waals surface area contributed by atoms with Crippen molar-refractivity contribution in [2.24, 2.45) is 11.1 Å². The van der Waals surface area contributed by atoms with Gasteiger partial charge in [0, 0.05) is 11.5 Å². The predicted octanol–water partition coefficient (Wildman–Crippen LogP) is 4.97. The third-order valence-corrected chi connectivity index (χ3v) is 4.14. The summed E-state index contributed by atoms with van der Waals surface area (Å²) in [5, 5.41) is 3.59. The fraction of sp³-hybridized carbons (Fsp3) is 0.368. The summed E-state index contributed by atoms with van der Waals surface area (Å²) in [7, 11) is 0. The van der Waals surface area contributed by atoms with Gasteiger partial charge in [-0.05, 0) is 37.7 Å². The Bertz CT molecular complexity index is 692. The monoisotopic (exact) mass is 351 g/mol. The highest BCUT2D eigenvalue weighted by atomic mass is 19.4. The number of rotatable bonds is 6. The molecule has 0 fully saturated rings. The number of aryl methyl sites for hydroxylation is 1. The molecule has 1 aliphatic rings. The molecule has 1 aliphatic carbocycles. The van der Waals surface area contributed by atoms with Crippen LogP contribution in [0.15, 0.2) is 54.2 Å². The minimum absolute atomic E-state index is 0.131. The van der Waals surface area contributed by atoms with Crippen LogP contribution in [-0.4, -0.2) is 17.9 Å². The molecule has 25 heavy (non-hydrogen) atoms. The van der Waals surface area contributed by atoms with Crippen LogP contribution in [0.5, 0.6) is 0 Å². The van der Waals surface area contributed by atoms with Gasteiger partial charge in [0.05, 0.1) is 5.71 Å². The van der Waals surface area contributed by atoms with Gasteiger partial charge in [0.1, 0.15) is 0 Å². The van der Waals surface area contributed by atoms with Crippen LogP contribution < -0.4 is 0 Å². The highest BCUT2D eigenvalue weighted by molar-refractivity contribution is 6.04. The van der Waals surface area contributed by atoms with Gasteiger partial charge < -0.3 is 4.84 Å². The maximum atomic E-state index is 12.4. The molecule has 0 aromatic heterocycles. The number of carbonyl (C=O) groups excluding carboxylic acids is 1. The van der Waals surface area contributed by atoms with Crippen LogP contribution in [0.2, 0.25) is 0 Å². The Morgan fingerprint density at radius 2 is 2.08 bits per heavy atom. The minimum atomic E-state index is -5.07. The molecule has 2 rings (SSSR count). The van der Waals surface area contributed by atoms with Crippen LogP contribution in [0.3, 0.4) is 0 Å². The standard InChI is InChI=1S/C19H20F3NO2/c1-3-4-7-13(2)12-15-11-10-14-8-5-6-9-16(14)17(15)23-25-18(24)19(20,21)22/h3,5-6,8-9,15H,1-2,4,7,10-12H2/b23-17+. The second kappa shape index (κ2) is 8.14. The van der Waals surface area contributed by atoms with Crippen molar-refractivity contribution < 1.29 is 22.8 Å². The molecule has 0 amide bonds. The van der Waals surface area contributed by atoms with Crippen molar-refractivity contribution >= 4 is 11.7 Å². The van der Waals surface area contributed by atoms with Crippen molar-refractivity contribution in [1.82, 2.24) is 0 Å². The lowest BCUT2D eigenvalue weighted by atomic mass is 9.79. The number of benzene rings is 1. The van der Waals surface area contributed by atoms with Crippen molar-refractivity contribution in [2.45, 2.75) is 38.3 Å². The fourth-order valence-electron chi connectivity index (χ4n) is 2.90. The number of fused-ring (bicyclic) bond motifs is 1. The maximum absolute atomic E-state index is 12.4. The average Bonchev–Trinajstić information content (AvgIpc) is 2.57. The summed E-state index contributed by atoms with van der Waals surface area (Å²) in [6.07, 6.45) is 0.372. The molecule has 1 aromatic carbocycles. The summed E-state index contributed by atoms with van der Waals surface area (Å²) in [5.41, 5.74) is 3.06. The molecule has 0 aliphatic heterocycles. The number of hydrogen-bond donors (Lipinski definition) is 0. The largest absolute Gasteiger partial charge is 0.493 e. The van der Waals surface area contributed by atoms with Crippen LogP contribution in [0, 0.1) is 5.92 Å². The lowest BCUT2D eigenvalue weighted by Crippen LogP contribution is -2.27. The number of halogens is 3. The molecule has 0 bridgehead atoms. The van der Waals surface area contributed by atoms with Gasteiger partial charge in [-0.3, -0.25) is 0 Å². The number of allylic oxidation sites excluding steroid dienone is 2. The summed E-state index contributed by atoms with van der Waals surface area (Å²) >= 11 is 0. The zero-order valence-electron chi connectivity index (χ0n) is 13.8. The van der Waals surface area contributed by atoms with E-state index < -0.39 is 12.1 Å². The van der Waals surface area contributed by atoms with E-state index in [1.54, 1.807) is 18.2 Å². The van der Waals surface area contributed by atoms with Gasteiger partial charge in [0.2, 0.25) is 0 Å². The second-order valence-corrected chi connectivity index (χ2v) is 6.03. The molecule has 0 saturated heterocycles. The highest BCUT2D eigenvalue weighted by Gasteiger charge is 2.42. The van der Waals surface area contributed by atoms with Gasteiger partial charge in [-0.15, -0.1) is 6.58 Å². The van der Waals surface area contributed by atoms with Gasteiger partial charge in [-0.1, -0.05) is 47.6 Å². The second-order valence-electron chi connectivity index (χ2n) is 6.03. The Labute approximate surface area is 144 Å². The lowest BCUT2D eigenvalue weighted by molar-refractivity contribution is -0.199. The SMILES string of the molecule is C=CCCC(=C)CC1CCc2ccccc2/C1=N/OC(=O)C(F)(F)F. The van der Waals surface area contributed by atoms with Crippen LogP contribution >= 0.6 is 0 Å². The zero-order chi connectivity index (χ0) is 18.4. The summed E-state index contributed by atoms with van der Waals surface area (Å²) < 4.78 is 37.1. The molecule has 0 radical (unpaired) electrons. The molecular weight excluding hydrogens is 331 g/mol. The van der Waals surface area contributed by atoms with Crippen molar-refractivity contribution in [1.29, 1.82) is 0 Å². The molecule has 6 heteroatoms. The van der Waals surface area contributed by atoms with Gasteiger partial charge in [0.15, 0.2) is 0 Å². The Morgan fingerprint density at radius 1 is 1.36 bits per heavy atom. The van der Waals surface area contributed by atoms with Crippen molar-refractivity contribution in [2.75, 3.05) is 0 Å². The van der Waals surface area contributed by atoms with Gasteiger partial charge >= 0.3 is 12.1 Å². The van der Waals surface area contributed by atoms with E-state index in [1.807, 2.05) is 12.1 Å². The number of hydrogen-bond acceptors (Lipinski definition) is 3. The predicted molar refractivity (Wildman–Crippen MR) is 90.1 cm³/mol. The van der Waals surface area contributed by atoms with E-state index in [9.17, 15) is 18.0 Å². The van der Waals surface area contributed by atoms with Crippen molar-refractivity contribution in [3.05, 3.63) is 60.2 Å². The van der Waals surface area contributed by atoms with Crippen LogP contribution in [-0.2, 0) is 16.1 Å². The number of alkyl halides is 3. The zero-order valence-corrected chi connectivity index (χ0v) is 13.8. The third kappa shape index (κ3) is 5.05. The van der Waals surface area contributed by atoms with Crippen LogP contribution in [0.25, 0.3) is 0 Å². The molecule has 3 nitrogen and oxygen atoms in total. The van der Waals surface area contributed by atoms with E-state index >= 15 is 0 Å². The fourth-order valence-corrected chi connectivity index (χ4v) is 2.90. The smallest absolute Gasteiger partial charge is 0.308 e. The van der Waals surface area contributed by atoms with Gasteiger partial charge in [0.25, 0.3) is 0 Å². The minimum Gasteiger partial charge on any atom is -0.308 e. The molecule has 1 unspecified atom stereocenters. The first kappa shape index (κ1) is 19.0. The topological polar surface area (TPSA) is 38.7 Å². The lowest BCUT2D eigenvalue weighted by Gasteiger charge is -2.26. The molecular formula is C19H20F3NO2. The molecule has 1 aromatic rings. The first-order chi connectivity index (χ1) is 11.8. The third-order valence-electron chi connectivity index (χ3n) is 4.14. The normalized spacial score (nSPS) is 18.5. The van der Waals surface area contributed by atoms with E-state index in [4.69, 9.17) is 0 Å². The number of oxime groups is 1. The van der Waals surface area contributed by atoms with Gasteiger partial charge in [-0.25, -0.2) is 4.79 Å². The Kier molecular flexibility index (Phi) is 6.17. The summed E-state index contributed by atoms with van der Waals surface area (Å²) in [6.45, 7) is 7.69. The van der Waals surface area contributed by atoms with E-state index in [-0.39, 0.29) is 5.92 Å². The van der Waals surface area contributed by atoms with Crippen molar-refractivity contribution in [3.8, 4) is 0 Å². The Morgan fingerprint density at radius 3 is 2.76 bits per heavy atom. The first-order valence-electron chi connectivity index (χ1n) is 8.04. The number of nitrogens with zero attached hydrogens (tertiary/aromatic N) is 1. The molecule has 134 valence electrons. The molecule has 0 saturated carbocycles. The average molecular weight is 351 g/mol. The maximum Gasteiger partial charge on any atom is 0.493 e. The first-order valence-corrected chi connectivity index (χ1v) is 8.04. The van der Waals surface area contributed by atoms with E-state index in [1.165, 1.54) is 0 Å². The van der Waals surface area contributed by atoms with Crippen LogP contribution in [0.1, 0.15) is 36.8 Å². The Balaban J connectivity index is 2.25. The summed E-state index contributed by atoms with van der Waals surface area (Å²) in [5.74, 6) is -2.44.